The average molecular weight is 220 g/mol. The summed E-state index contributed by atoms with van der Waals surface area (Å²) in [5.41, 5.74) is 1.34. The quantitative estimate of drug-likeness (QED) is 0.844. The van der Waals surface area contributed by atoms with Crippen LogP contribution in [0.4, 0.5) is 0 Å². The first-order valence-electron chi connectivity index (χ1n) is 6.05. The molecule has 1 aliphatic rings. The van der Waals surface area contributed by atoms with Gasteiger partial charge in [-0.3, -0.25) is 4.98 Å². The third-order valence-electron chi connectivity index (χ3n) is 3.37. The molecule has 16 heavy (non-hydrogen) atoms. The molecular weight excluding hydrogens is 200 g/mol. The van der Waals surface area contributed by atoms with Crippen molar-refractivity contribution in [3.8, 4) is 0 Å². The van der Waals surface area contributed by atoms with E-state index < -0.39 is 0 Å². The Morgan fingerprint density at radius 1 is 1.38 bits per heavy atom. The summed E-state index contributed by atoms with van der Waals surface area (Å²) in [6.07, 6.45) is 7.32. The van der Waals surface area contributed by atoms with Gasteiger partial charge in [-0.2, -0.15) is 0 Å². The number of aromatic nitrogens is 1. The number of nitrogens with zero attached hydrogens (tertiary/aromatic N) is 1. The maximum Gasteiger partial charge on any atom is 0.0468 e. The standard InChI is InChI=1S/C13H20N2O/c1-14-13(12-2-6-15-7-3-12)10-11-4-8-16-9-5-11/h2-3,6-7,11,13-14H,4-5,8-10H2,1H3. The molecule has 3 heteroatoms. The molecule has 0 saturated carbocycles. The Kier molecular flexibility index (Phi) is 4.31. The molecule has 1 atom stereocenters. The minimum atomic E-state index is 0.450. The molecule has 1 aromatic rings. The zero-order valence-corrected chi connectivity index (χ0v) is 9.86. The van der Waals surface area contributed by atoms with Gasteiger partial charge in [0.05, 0.1) is 0 Å². The molecule has 2 heterocycles. The van der Waals surface area contributed by atoms with E-state index in [1.54, 1.807) is 0 Å². The van der Waals surface area contributed by atoms with Crippen molar-refractivity contribution < 1.29 is 4.74 Å². The summed E-state index contributed by atoms with van der Waals surface area (Å²) in [5.74, 6) is 0.791. The number of hydrogen-bond acceptors (Lipinski definition) is 3. The highest BCUT2D eigenvalue weighted by atomic mass is 16.5. The Hall–Kier alpha value is -0.930. The van der Waals surface area contributed by atoms with Gasteiger partial charge >= 0.3 is 0 Å². The molecule has 2 rings (SSSR count). The van der Waals surface area contributed by atoms with Crippen molar-refractivity contribution in [3.05, 3.63) is 30.1 Å². The molecule has 0 radical (unpaired) electrons. The molecule has 88 valence electrons. The fraction of sp³-hybridized carbons (Fsp3) is 0.615. The second kappa shape index (κ2) is 5.97. The number of ether oxygens (including phenoxy) is 1. The van der Waals surface area contributed by atoms with Crippen molar-refractivity contribution in [2.75, 3.05) is 20.3 Å². The van der Waals surface area contributed by atoms with Crippen LogP contribution >= 0.6 is 0 Å². The lowest BCUT2D eigenvalue weighted by Gasteiger charge is -2.26. The fourth-order valence-corrected chi connectivity index (χ4v) is 2.33. The van der Waals surface area contributed by atoms with Gasteiger partial charge in [0.2, 0.25) is 0 Å². The van der Waals surface area contributed by atoms with Crippen LogP contribution in [0.3, 0.4) is 0 Å². The first-order valence-corrected chi connectivity index (χ1v) is 6.05. The SMILES string of the molecule is CNC(CC1CCOCC1)c1ccncc1. The third kappa shape index (κ3) is 3.03. The van der Waals surface area contributed by atoms with E-state index in [2.05, 4.69) is 22.4 Å². The lowest BCUT2D eigenvalue weighted by Crippen LogP contribution is -2.23. The van der Waals surface area contributed by atoms with Crippen LogP contribution in [-0.4, -0.2) is 25.2 Å². The van der Waals surface area contributed by atoms with Crippen molar-refractivity contribution in [3.63, 3.8) is 0 Å². The van der Waals surface area contributed by atoms with E-state index in [9.17, 15) is 0 Å². The number of nitrogens with one attached hydrogen (secondary N) is 1. The van der Waals surface area contributed by atoms with Gasteiger partial charge < -0.3 is 10.1 Å². The largest absolute Gasteiger partial charge is 0.381 e. The number of rotatable bonds is 4. The molecule has 1 saturated heterocycles. The minimum absolute atomic E-state index is 0.450. The monoisotopic (exact) mass is 220 g/mol. The summed E-state index contributed by atoms with van der Waals surface area (Å²) in [6, 6.07) is 4.65. The van der Waals surface area contributed by atoms with Crippen molar-refractivity contribution in [2.24, 2.45) is 5.92 Å². The Morgan fingerprint density at radius 3 is 2.69 bits per heavy atom. The van der Waals surface area contributed by atoms with E-state index in [1.807, 2.05) is 19.4 Å². The molecule has 3 nitrogen and oxygen atoms in total. The smallest absolute Gasteiger partial charge is 0.0468 e. The van der Waals surface area contributed by atoms with Crippen LogP contribution in [0.1, 0.15) is 30.9 Å². The topological polar surface area (TPSA) is 34.1 Å². The van der Waals surface area contributed by atoms with Gasteiger partial charge in [-0.1, -0.05) is 0 Å². The highest BCUT2D eigenvalue weighted by Crippen LogP contribution is 2.26. The van der Waals surface area contributed by atoms with Gasteiger partial charge in [-0.25, -0.2) is 0 Å². The highest BCUT2D eigenvalue weighted by Gasteiger charge is 2.19. The van der Waals surface area contributed by atoms with Gasteiger partial charge in [-0.15, -0.1) is 0 Å². The molecule has 0 bridgehead atoms. The van der Waals surface area contributed by atoms with Gasteiger partial charge in [0, 0.05) is 31.6 Å². The van der Waals surface area contributed by atoms with E-state index in [1.165, 1.54) is 24.8 Å². The maximum atomic E-state index is 5.39. The fourth-order valence-electron chi connectivity index (χ4n) is 2.33. The van der Waals surface area contributed by atoms with E-state index >= 15 is 0 Å². The second-order valence-corrected chi connectivity index (χ2v) is 4.41. The molecule has 1 aromatic heterocycles. The van der Waals surface area contributed by atoms with Crippen molar-refractivity contribution >= 4 is 0 Å². The van der Waals surface area contributed by atoms with Gasteiger partial charge in [-0.05, 0) is 49.9 Å². The average Bonchev–Trinajstić information content (AvgIpc) is 2.38. The van der Waals surface area contributed by atoms with Crippen LogP contribution in [0.2, 0.25) is 0 Å². The summed E-state index contributed by atoms with van der Waals surface area (Å²) in [6.45, 7) is 1.86. The summed E-state index contributed by atoms with van der Waals surface area (Å²) < 4.78 is 5.39. The van der Waals surface area contributed by atoms with Crippen LogP contribution in [0.15, 0.2) is 24.5 Å². The first kappa shape index (κ1) is 11.6. The molecule has 0 aromatic carbocycles. The van der Waals surface area contributed by atoms with Crippen LogP contribution in [0, 0.1) is 5.92 Å². The van der Waals surface area contributed by atoms with Gasteiger partial charge in [0.25, 0.3) is 0 Å². The molecule has 0 amide bonds. The van der Waals surface area contributed by atoms with E-state index in [-0.39, 0.29) is 0 Å². The lowest BCUT2D eigenvalue weighted by molar-refractivity contribution is 0.0608. The van der Waals surface area contributed by atoms with Gasteiger partial charge in [0.15, 0.2) is 0 Å². The molecule has 1 fully saturated rings. The third-order valence-corrected chi connectivity index (χ3v) is 3.37. The first-order chi connectivity index (χ1) is 7.90. The summed E-state index contributed by atoms with van der Waals surface area (Å²) in [5, 5.41) is 3.40. The molecule has 1 aliphatic heterocycles. The second-order valence-electron chi connectivity index (χ2n) is 4.41. The van der Waals surface area contributed by atoms with Crippen LogP contribution < -0.4 is 5.32 Å². The van der Waals surface area contributed by atoms with Crippen molar-refractivity contribution in [1.82, 2.24) is 10.3 Å². The Balaban J connectivity index is 1.94. The molecule has 0 spiro atoms. The summed E-state index contributed by atoms with van der Waals surface area (Å²) in [7, 11) is 2.03. The van der Waals surface area contributed by atoms with E-state index in [0.29, 0.717) is 6.04 Å². The minimum Gasteiger partial charge on any atom is -0.381 e. The lowest BCUT2D eigenvalue weighted by atomic mass is 9.90. The predicted molar refractivity (Wildman–Crippen MR) is 64.2 cm³/mol. The number of pyridine rings is 1. The summed E-state index contributed by atoms with van der Waals surface area (Å²) >= 11 is 0. The maximum absolute atomic E-state index is 5.39. The Bertz CT molecular complexity index is 296. The Morgan fingerprint density at radius 2 is 2.06 bits per heavy atom. The molecule has 0 aliphatic carbocycles. The molecular formula is C13H20N2O. The van der Waals surface area contributed by atoms with Crippen molar-refractivity contribution in [2.45, 2.75) is 25.3 Å². The molecule has 1 N–H and O–H groups in total. The van der Waals surface area contributed by atoms with E-state index in [4.69, 9.17) is 4.74 Å². The number of hydrogen-bond donors (Lipinski definition) is 1. The van der Waals surface area contributed by atoms with Crippen LogP contribution in [0.5, 0.6) is 0 Å². The van der Waals surface area contributed by atoms with Crippen LogP contribution in [-0.2, 0) is 4.74 Å². The van der Waals surface area contributed by atoms with Gasteiger partial charge in [0.1, 0.15) is 0 Å². The zero-order chi connectivity index (χ0) is 11.2. The molecule has 1 unspecified atom stereocenters. The van der Waals surface area contributed by atoms with E-state index in [0.717, 1.165) is 19.1 Å². The van der Waals surface area contributed by atoms with Crippen LogP contribution in [0.25, 0.3) is 0 Å². The zero-order valence-electron chi connectivity index (χ0n) is 9.86. The Labute approximate surface area is 97.2 Å². The normalized spacial score (nSPS) is 19.6. The highest BCUT2D eigenvalue weighted by molar-refractivity contribution is 5.14. The predicted octanol–water partition coefficient (Wildman–Crippen LogP) is 2.16. The summed E-state index contributed by atoms with van der Waals surface area (Å²) in [4.78, 5) is 4.06. The van der Waals surface area contributed by atoms with Crippen molar-refractivity contribution in [1.29, 1.82) is 0 Å².